The Hall–Kier alpha value is -1.57. The standard InChI is InChI=1S/C13H15NO4S2/c1-9-13(7-12(8-15)19-9)20(16,17)14-10-4-3-5-11(6-10)18-2/h3-7,14-15H,8H2,1-2H3. The number of nitrogens with one attached hydrogen (secondary N) is 1. The van der Waals surface area contributed by atoms with E-state index >= 15 is 0 Å². The molecule has 0 aliphatic heterocycles. The minimum Gasteiger partial charge on any atom is -0.497 e. The van der Waals surface area contributed by atoms with Crippen LogP contribution in [0.15, 0.2) is 35.2 Å². The van der Waals surface area contributed by atoms with Crippen molar-refractivity contribution in [2.24, 2.45) is 0 Å². The number of aliphatic hydroxyl groups is 1. The summed E-state index contributed by atoms with van der Waals surface area (Å²) in [7, 11) is -2.15. The summed E-state index contributed by atoms with van der Waals surface area (Å²) in [5.41, 5.74) is 0.431. The van der Waals surface area contributed by atoms with Gasteiger partial charge >= 0.3 is 0 Å². The molecule has 0 aliphatic rings. The fraction of sp³-hybridized carbons (Fsp3) is 0.231. The number of aryl methyl sites for hydroxylation is 1. The molecule has 20 heavy (non-hydrogen) atoms. The molecule has 2 aromatic rings. The van der Waals surface area contributed by atoms with Gasteiger partial charge in [0.15, 0.2) is 0 Å². The van der Waals surface area contributed by atoms with E-state index in [1.54, 1.807) is 31.2 Å². The Morgan fingerprint density at radius 2 is 2.10 bits per heavy atom. The van der Waals surface area contributed by atoms with Crippen molar-refractivity contribution in [3.63, 3.8) is 0 Å². The van der Waals surface area contributed by atoms with Gasteiger partial charge in [-0.3, -0.25) is 4.72 Å². The zero-order chi connectivity index (χ0) is 14.8. The summed E-state index contributed by atoms with van der Waals surface area (Å²) in [5.74, 6) is 0.572. The van der Waals surface area contributed by atoms with E-state index in [1.807, 2.05) is 0 Å². The molecular formula is C13H15NO4S2. The van der Waals surface area contributed by atoms with Gasteiger partial charge in [0.2, 0.25) is 0 Å². The molecule has 0 spiro atoms. The Balaban J connectivity index is 2.32. The Morgan fingerprint density at radius 3 is 2.70 bits per heavy atom. The first-order valence-electron chi connectivity index (χ1n) is 5.83. The van der Waals surface area contributed by atoms with Gasteiger partial charge in [-0.1, -0.05) is 6.07 Å². The third-order valence-electron chi connectivity index (χ3n) is 2.69. The van der Waals surface area contributed by atoms with Gasteiger partial charge in [0.25, 0.3) is 10.0 Å². The highest BCUT2D eigenvalue weighted by atomic mass is 32.2. The van der Waals surface area contributed by atoms with Gasteiger partial charge in [-0.15, -0.1) is 11.3 Å². The molecule has 0 bridgehead atoms. The zero-order valence-corrected chi connectivity index (χ0v) is 12.7. The summed E-state index contributed by atoms with van der Waals surface area (Å²) in [6, 6.07) is 8.18. The van der Waals surface area contributed by atoms with E-state index in [9.17, 15) is 8.42 Å². The van der Waals surface area contributed by atoms with Crippen molar-refractivity contribution < 1.29 is 18.3 Å². The first-order chi connectivity index (χ1) is 9.46. The number of rotatable bonds is 5. The summed E-state index contributed by atoms with van der Waals surface area (Å²) in [6.07, 6.45) is 0. The summed E-state index contributed by atoms with van der Waals surface area (Å²) < 4.78 is 32.2. The van der Waals surface area contributed by atoms with E-state index < -0.39 is 10.0 Å². The molecule has 5 nitrogen and oxygen atoms in total. The first-order valence-corrected chi connectivity index (χ1v) is 8.13. The molecule has 1 aromatic carbocycles. The van der Waals surface area contributed by atoms with Crippen LogP contribution in [0.3, 0.4) is 0 Å². The molecule has 7 heteroatoms. The van der Waals surface area contributed by atoms with Gasteiger partial charge in [0.05, 0.1) is 19.4 Å². The van der Waals surface area contributed by atoms with Crippen LogP contribution in [-0.2, 0) is 16.6 Å². The first kappa shape index (κ1) is 14.8. The van der Waals surface area contributed by atoms with Crippen molar-refractivity contribution in [1.82, 2.24) is 0 Å². The molecule has 108 valence electrons. The number of thiophene rings is 1. The Morgan fingerprint density at radius 1 is 1.35 bits per heavy atom. The van der Waals surface area contributed by atoms with Crippen LogP contribution >= 0.6 is 11.3 Å². The highest BCUT2D eigenvalue weighted by Crippen LogP contribution is 2.28. The number of benzene rings is 1. The number of hydrogen-bond donors (Lipinski definition) is 2. The number of hydrogen-bond acceptors (Lipinski definition) is 5. The molecule has 0 radical (unpaired) electrons. The predicted octanol–water partition coefficient (Wildman–Crippen LogP) is 2.36. The summed E-state index contributed by atoms with van der Waals surface area (Å²) in [5, 5.41) is 9.08. The predicted molar refractivity (Wildman–Crippen MR) is 78.8 cm³/mol. The monoisotopic (exact) mass is 313 g/mol. The minimum atomic E-state index is -3.66. The number of ether oxygens (including phenoxy) is 1. The van der Waals surface area contributed by atoms with E-state index in [0.717, 1.165) is 0 Å². The molecule has 2 rings (SSSR count). The van der Waals surface area contributed by atoms with E-state index in [4.69, 9.17) is 9.84 Å². The number of sulfonamides is 1. The maximum absolute atomic E-state index is 12.3. The molecular weight excluding hydrogens is 298 g/mol. The fourth-order valence-electron chi connectivity index (χ4n) is 1.77. The van der Waals surface area contributed by atoms with E-state index in [-0.39, 0.29) is 11.5 Å². The zero-order valence-electron chi connectivity index (χ0n) is 11.1. The molecule has 0 amide bonds. The largest absolute Gasteiger partial charge is 0.497 e. The summed E-state index contributed by atoms with van der Waals surface area (Å²) >= 11 is 1.27. The molecule has 0 aliphatic carbocycles. The van der Waals surface area contributed by atoms with Gasteiger partial charge in [-0.2, -0.15) is 0 Å². The molecule has 1 aromatic heterocycles. The van der Waals surface area contributed by atoms with Crippen molar-refractivity contribution >= 4 is 27.0 Å². The van der Waals surface area contributed by atoms with Crippen LogP contribution in [0.25, 0.3) is 0 Å². The lowest BCUT2D eigenvalue weighted by Crippen LogP contribution is -2.13. The second-order valence-electron chi connectivity index (χ2n) is 4.13. The third-order valence-corrected chi connectivity index (χ3v) is 5.36. The van der Waals surface area contributed by atoms with Crippen LogP contribution < -0.4 is 9.46 Å². The van der Waals surface area contributed by atoms with Gasteiger partial charge in [0, 0.05) is 15.8 Å². The maximum atomic E-state index is 12.3. The topological polar surface area (TPSA) is 75.6 Å². The molecule has 0 atom stereocenters. The van der Waals surface area contributed by atoms with Crippen LogP contribution in [-0.4, -0.2) is 20.6 Å². The smallest absolute Gasteiger partial charge is 0.263 e. The second kappa shape index (κ2) is 5.82. The van der Waals surface area contributed by atoms with Crippen molar-refractivity contribution in [2.45, 2.75) is 18.4 Å². The molecule has 1 heterocycles. The molecule has 0 saturated carbocycles. The molecule has 0 unspecified atom stereocenters. The van der Waals surface area contributed by atoms with Crippen molar-refractivity contribution in [1.29, 1.82) is 0 Å². The van der Waals surface area contributed by atoms with Crippen molar-refractivity contribution in [3.8, 4) is 5.75 Å². The lowest BCUT2D eigenvalue weighted by atomic mass is 10.3. The van der Waals surface area contributed by atoms with E-state index in [0.29, 0.717) is 21.2 Å². The Kier molecular flexibility index (Phi) is 4.32. The van der Waals surface area contributed by atoms with E-state index in [1.165, 1.54) is 24.5 Å². The second-order valence-corrected chi connectivity index (χ2v) is 7.12. The van der Waals surface area contributed by atoms with Gasteiger partial charge in [-0.05, 0) is 25.1 Å². The van der Waals surface area contributed by atoms with Gasteiger partial charge in [-0.25, -0.2) is 8.42 Å². The average molecular weight is 313 g/mol. The van der Waals surface area contributed by atoms with Crippen LogP contribution in [0, 0.1) is 6.92 Å². The maximum Gasteiger partial charge on any atom is 0.263 e. The van der Waals surface area contributed by atoms with Crippen molar-refractivity contribution in [2.75, 3.05) is 11.8 Å². The van der Waals surface area contributed by atoms with E-state index in [2.05, 4.69) is 4.72 Å². The van der Waals surface area contributed by atoms with Crippen LogP contribution in [0.2, 0.25) is 0 Å². The van der Waals surface area contributed by atoms with Crippen LogP contribution in [0.4, 0.5) is 5.69 Å². The number of methoxy groups -OCH3 is 1. The quantitative estimate of drug-likeness (QED) is 0.888. The number of anilines is 1. The highest BCUT2D eigenvalue weighted by molar-refractivity contribution is 7.93. The van der Waals surface area contributed by atoms with Crippen LogP contribution in [0.1, 0.15) is 9.75 Å². The third kappa shape index (κ3) is 3.12. The Bertz CT molecular complexity index is 707. The highest BCUT2D eigenvalue weighted by Gasteiger charge is 2.20. The molecule has 0 saturated heterocycles. The lowest BCUT2D eigenvalue weighted by Gasteiger charge is -2.08. The molecule has 0 fully saturated rings. The molecule has 2 N–H and O–H groups in total. The SMILES string of the molecule is COc1cccc(NS(=O)(=O)c2cc(CO)sc2C)c1. The number of aliphatic hydroxyl groups excluding tert-OH is 1. The van der Waals surface area contributed by atoms with Gasteiger partial charge in [0.1, 0.15) is 10.6 Å². The fourth-order valence-corrected chi connectivity index (χ4v) is 4.31. The summed E-state index contributed by atoms with van der Waals surface area (Å²) in [4.78, 5) is 1.45. The van der Waals surface area contributed by atoms with Gasteiger partial charge < -0.3 is 9.84 Å². The normalized spacial score (nSPS) is 11.3. The van der Waals surface area contributed by atoms with Crippen LogP contribution in [0.5, 0.6) is 5.75 Å². The average Bonchev–Trinajstić information content (AvgIpc) is 2.80. The van der Waals surface area contributed by atoms with Crippen molar-refractivity contribution in [3.05, 3.63) is 40.1 Å². The summed E-state index contributed by atoms with van der Waals surface area (Å²) in [6.45, 7) is 1.55. The Labute approximate surface area is 121 Å². The lowest BCUT2D eigenvalue weighted by molar-refractivity contribution is 0.285. The minimum absolute atomic E-state index is 0.166.